The lowest BCUT2D eigenvalue weighted by Crippen LogP contribution is -2.41. The van der Waals surface area contributed by atoms with E-state index in [1.807, 2.05) is 11.9 Å². The SMILES string of the molecule is CN1CCC(C2CCC2)C1C(=O)O. The number of carboxylic acid groups (broad SMARTS) is 1. The highest BCUT2D eigenvalue weighted by atomic mass is 16.4. The molecular weight excluding hydrogens is 166 g/mol. The zero-order valence-corrected chi connectivity index (χ0v) is 8.07. The molecule has 2 aliphatic rings. The van der Waals surface area contributed by atoms with E-state index in [9.17, 15) is 4.79 Å². The van der Waals surface area contributed by atoms with Crippen molar-refractivity contribution in [3.05, 3.63) is 0 Å². The Kier molecular flexibility index (Phi) is 2.28. The molecule has 2 unspecified atom stereocenters. The first-order valence-corrected chi connectivity index (χ1v) is 5.13. The summed E-state index contributed by atoms with van der Waals surface area (Å²) in [5, 5.41) is 9.08. The number of hydrogen-bond acceptors (Lipinski definition) is 2. The molecule has 74 valence electrons. The average Bonchev–Trinajstić information content (AvgIpc) is 2.28. The minimum Gasteiger partial charge on any atom is -0.480 e. The van der Waals surface area contributed by atoms with Crippen LogP contribution < -0.4 is 0 Å². The summed E-state index contributed by atoms with van der Waals surface area (Å²) in [4.78, 5) is 13.0. The Morgan fingerprint density at radius 2 is 2.08 bits per heavy atom. The number of rotatable bonds is 2. The summed E-state index contributed by atoms with van der Waals surface area (Å²) in [6.45, 7) is 0.956. The second kappa shape index (κ2) is 3.29. The van der Waals surface area contributed by atoms with Crippen molar-refractivity contribution >= 4 is 5.97 Å². The molecule has 0 aromatic carbocycles. The Morgan fingerprint density at radius 3 is 2.54 bits per heavy atom. The van der Waals surface area contributed by atoms with Crippen LogP contribution in [-0.2, 0) is 4.79 Å². The maximum atomic E-state index is 11.0. The summed E-state index contributed by atoms with van der Waals surface area (Å²) < 4.78 is 0. The zero-order chi connectivity index (χ0) is 9.42. The van der Waals surface area contributed by atoms with Gasteiger partial charge >= 0.3 is 5.97 Å². The normalized spacial score (nSPS) is 36.1. The summed E-state index contributed by atoms with van der Waals surface area (Å²) in [6, 6.07) is -0.203. The average molecular weight is 183 g/mol. The molecule has 0 aromatic heterocycles. The fraction of sp³-hybridized carbons (Fsp3) is 0.900. The number of hydrogen-bond donors (Lipinski definition) is 1. The molecule has 2 rings (SSSR count). The van der Waals surface area contributed by atoms with Crippen LogP contribution in [0.3, 0.4) is 0 Å². The van der Waals surface area contributed by atoms with Crippen LogP contribution in [0, 0.1) is 11.8 Å². The third-order valence-corrected chi connectivity index (χ3v) is 3.70. The molecule has 0 spiro atoms. The van der Waals surface area contributed by atoms with E-state index in [2.05, 4.69) is 0 Å². The molecular formula is C10H17NO2. The van der Waals surface area contributed by atoms with Crippen LogP contribution in [0.25, 0.3) is 0 Å². The Hall–Kier alpha value is -0.570. The minimum absolute atomic E-state index is 0.203. The third-order valence-electron chi connectivity index (χ3n) is 3.70. The maximum Gasteiger partial charge on any atom is 0.321 e. The van der Waals surface area contributed by atoms with E-state index < -0.39 is 5.97 Å². The van der Waals surface area contributed by atoms with Gasteiger partial charge in [-0.1, -0.05) is 19.3 Å². The molecule has 1 N–H and O–H groups in total. The molecule has 2 fully saturated rings. The smallest absolute Gasteiger partial charge is 0.321 e. The lowest BCUT2D eigenvalue weighted by Gasteiger charge is -2.34. The van der Waals surface area contributed by atoms with E-state index >= 15 is 0 Å². The van der Waals surface area contributed by atoms with Crippen LogP contribution in [-0.4, -0.2) is 35.6 Å². The molecule has 1 aliphatic carbocycles. The van der Waals surface area contributed by atoms with E-state index in [0.29, 0.717) is 11.8 Å². The molecule has 1 heterocycles. The van der Waals surface area contributed by atoms with E-state index in [1.165, 1.54) is 19.3 Å². The van der Waals surface area contributed by atoms with Crippen molar-refractivity contribution in [1.82, 2.24) is 4.90 Å². The molecule has 0 amide bonds. The Bertz CT molecular complexity index is 213. The Morgan fingerprint density at radius 1 is 1.38 bits per heavy atom. The van der Waals surface area contributed by atoms with Crippen molar-refractivity contribution in [2.45, 2.75) is 31.7 Å². The van der Waals surface area contributed by atoms with Gasteiger partial charge in [0, 0.05) is 0 Å². The molecule has 3 nitrogen and oxygen atoms in total. The molecule has 1 saturated carbocycles. The van der Waals surface area contributed by atoms with Crippen molar-refractivity contribution in [3.8, 4) is 0 Å². The molecule has 0 aromatic rings. The zero-order valence-electron chi connectivity index (χ0n) is 8.07. The van der Waals surface area contributed by atoms with Gasteiger partial charge < -0.3 is 5.11 Å². The second-order valence-electron chi connectivity index (χ2n) is 4.41. The summed E-state index contributed by atoms with van der Waals surface area (Å²) in [5.74, 6) is 0.499. The number of carbonyl (C=O) groups is 1. The lowest BCUT2D eigenvalue weighted by molar-refractivity contribution is -0.144. The quantitative estimate of drug-likeness (QED) is 0.699. The summed E-state index contributed by atoms with van der Waals surface area (Å²) >= 11 is 0. The molecule has 2 atom stereocenters. The van der Waals surface area contributed by atoms with E-state index in [4.69, 9.17) is 5.11 Å². The molecule has 1 saturated heterocycles. The van der Waals surface area contributed by atoms with Crippen LogP contribution in [0.1, 0.15) is 25.7 Å². The van der Waals surface area contributed by atoms with Crippen molar-refractivity contribution in [1.29, 1.82) is 0 Å². The van der Waals surface area contributed by atoms with Crippen LogP contribution >= 0.6 is 0 Å². The van der Waals surface area contributed by atoms with Gasteiger partial charge in [-0.3, -0.25) is 9.69 Å². The monoisotopic (exact) mass is 183 g/mol. The summed E-state index contributed by atoms with van der Waals surface area (Å²) in [6.07, 6.45) is 4.89. The van der Waals surface area contributed by atoms with Crippen molar-refractivity contribution in [2.75, 3.05) is 13.6 Å². The second-order valence-corrected chi connectivity index (χ2v) is 4.41. The number of likely N-dealkylation sites (N-methyl/N-ethyl adjacent to an activating group) is 1. The Balaban J connectivity index is 2.05. The third kappa shape index (κ3) is 1.46. The van der Waals surface area contributed by atoms with Gasteiger partial charge in [0.2, 0.25) is 0 Å². The van der Waals surface area contributed by atoms with Crippen molar-refractivity contribution in [3.63, 3.8) is 0 Å². The first-order valence-electron chi connectivity index (χ1n) is 5.13. The van der Waals surface area contributed by atoms with Gasteiger partial charge in [-0.2, -0.15) is 0 Å². The summed E-state index contributed by atoms with van der Waals surface area (Å²) in [7, 11) is 1.93. The largest absolute Gasteiger partial charge is 0.480 e. The van der Waals surface area contributed by atoms with Gasteiger partial charge in [0.1, 0.15) is 6.04 Å². The number of aliphatic carboxylic acids is 1. The molecule has 1 aliphatic heterocycles. The molecule has 0 bridgehead atoms. The van der Waals surface area contributed by atoms with Gasteiger partial charge in [0.05, 0.1) is 0 Å². The number of likely N-dealkylation sites (tertiary alicyclic amines) is 1. The van der Waals surface area contributed by atoms with E-state index in [0.717, 1.165) is 13.0 Å². The number of nitrogens with zero attached hydrogens (tertiary/aromatic N) is 1. The van der Waals surface area contributed by atoms with Crippen LogP contribution in [0.4, 0.5) is 0 Å². The van der Waals surface area contributed by atoms with Gasteiger partial charge in [-0.05, 0) is 31.8 Å². The van der Waals surface area contributed by atoms with Crippen LogP contribution in [0.15, 0.2) is 0 Å². The summed E-state index contributed by atoms with van der Waals surface area (Å²) in [5.41, 5.74) is 0. The highest BCUT2D eigenvalue weighted by Gasteiger charge is 2.42. The lowest BCUT2D eigenvalue weighted by atomic mass is 9.73. The minimum atomic E-state index is -0.628. The van der Waals surface area contributed by atoms with E-state index in [-0.39, 0.29) is 6.04 Å². The fourth-order valence-electron chi connectivity index (χ4n) is 2.71. The predicted molar refractivity (Wildman–Crippen MR) is 49.5 cm³/mol. The first kappa shape index (κ1) is 9.00. The van der Waals surface area contributed by atoms with E-state index in [1.54, 1.807) is 0 Å². The van der Waals surface area contributed by atoms with Crippen molar-refractivity contribution < 1.29 is 9.90 Å². The molecule has 0 radical (unpaired) electrons. The molecule has 13 heavy (non-hydrogen) atoms. The molecule has 3 heteroatoms. The van der Waals surface area contributed by atoms with Crippen LogP contribution in [0.5, 0.6) is 0 Å². The maximum absolute atomic E-state index is 11.0. The van der Waals surface area contributed by atoms with Gasteiger partial charge in [-0.15, -0.1) is 0 Å². The predicted octanol–water partition coefficient (Wildman–Crippen LogP) is 1.19. The van der Waals surface area contributed by atoms with Gasteiger partial charge in [-0.25, -0.2) is 0 Å². The topological polar surface area (TPSA) is 40.5 Å². The first-order chi connectivity index (χ1) is 6.20. The standard InChI is InChI=1S/C10H17NO2/c1-11-6-5-8(7-3-2-4-7)9(11)10(12)13/h7-9H,2-6H2,1H3,(H,12,13). The van der Waals surface area contributed by atoms with Gasteiger partial charge in [0.15, 0.2) is 0 Å². The highest BCUT2D eigenvalue weighted by molar-refractivity contribution is 5.74. The highest BCUT2D eigenvalue weighted by Crippen LogP contribution is 2.41. The number of carboxylic acids is 1. The van der Waals surface area contributed by atoms with Gasteiger partial charge in [0.25, 0.3) is 0 Å². The Labute approximate surface area is 78.7 Å². The van der Waals surface area contributed by atoms with Crippen molar-refractivity contribution in [2.24, 2.45) is 11.8 Å². The van der Waals surface area contributed by atoms with Crippen LogP contribution in [0.2, 0.25) is 0 Å². The fourth-order valence-corrected chi connectivity index (χ4v) is 2.71.